The molecule has 0 aliphatic rings. The Labute approximate surface area is 91.9 Å². The molecule has 0 saturated heterocycles. The van der Waals surface area contributed by atoms with Gasteiger partial charge < -0.3 is 9.15 Å². The van der Waals surface area contributed by atoms with Crippen LogP contribution in [0.15, 0.2) is 28.9 Å². The largest absolute Gasteiger partial charge is 0.469 e. The first-order chi connectivity index (χ1) is 7.24. The van der Waals surface area contributed by atoms with E-state index in [0.29, 0.717) is 12.5 Å². The number of hydrogen-bond donors (Lipinski definition) is 0. The average molecular weight is 225 g/mol. The molecule has 0 aliphatic heterocycles. The summed E-state index contributed by atoms with van der Waals surface area (Å²) in [6.07, 6.45) is 1.59. The van der Waals surface area contributed by atoms with Crippen LogP contribution < -0.4 is 4.74 Å². The van der Waals surface area contributed by atoms with Gasteiger partial charge in [0.05, 0.1) is 6.26 Å². The second kappa shape index (κ2) is 4.31. The molecule has 0 aliphatic carbocycles. The maximum Gasteiger partial charge on any atom is 0.225 e. The zero-order valence-electron chi connectivity index (χ0n) is 8.11. The monoisotopic (exact) mass is 224 g/mol. The lowest BCUT2D eigenvalue weighted by Gasteiger charge is -2.03. The highest BCUT2D eigenvalue weighted by Crippen LogP contribution is 2.13. The second-order valence-electron chi connectivity index (χ2n) is 2.98. The molecular weight excluding hydrogens is 216 g/mol. The van der Waals surface area contributed by atoms with Crippen LogP contribution in [0.2, 0.25) is 5.28 Å². The summed E-state index contributed by atoms with van der Waals surface area (Å²) in [7, 11) is 0. The predicted octanol–water partition coefficient (Wildman–Crippen LogP) is 2.61. The van der Waals surface area contributed by atoms with E-state index in [1.807, 2.05) is 13.0 Å². The maximum absolute atomic E-state index is 5.69. The van der Waals surface area contributed by atoms with Gasteiger partial charge in [-0.05, 0) is 30.7 Å². The highest BCUT2D eigenvalue weighted by molar-refractivity contribution is 6.28. The van der Waals surface area contributed by atoms with Crippen LogP contribution in [0.5, 0.6) is 5.88 Å². The molecule has 0 spiro atoms. The van der Waals surface area contributed by atoms with E-state index in [-0.39, 0.29) is 5.28 Å². The molecule has 2 aromatic heterocycles. The van der Waals surface area contributed by atoms with Crippen molar-refractivity contribution >= 4 is 11.6 Å². The van der Waals surface area contributed by atoms with Gasteiger partial charge in [0.2, 0.25) is 11.2 Å². The van der Waals surface area contributed by atoms with Crippen LogP contribution in [0.4, 0.5) is 0 Å². The molecule has 2 aromatic rings. The van der Waals surface area contributed by atoms with Crippen molar-refractivity contribution in [1.82, 2.24) is 9.97 Å². The summed E-state index contributed by atoms with van der Waals surface area (Å²) in [5.41, 5.74) is 0.768. The quantitative estimate of drug-likeness (QED) is 0.752. The van der Waals surface area contributed by atoms with Crippen LogP contribution in [0.25, 0.3) is 0 Å². The standard InChI is InChI=1S/C10H9ClN2O2/c1-7-5-9(13-10(11)12-7)15-6-8-3-2-4-14-8/h2-5H,6H2,1H3. The molecule has 15 heavy (non-hydrogen) atoms. The van der Waals surface area contributed by atoms with Crippen molar-refractivity contribution in [1.29, 1.82) is 0 Å². The van der Waals surface area contributed by atoms with Crippen molar-refractivity contribution in [3.63, 3.8) is 0 Å². The molecule has 2 rings (SSSR count). The molecule has 0 unspecified atom stereocenters. The first-order valence-corrected chi connectivity index (χ1v) is 4.78. The molecule has 0 bridgehead atoms. The van der Waals surface area contributed by atoms with Gasteiger partial charge in [-0.15, -0.1) is 0 Å². The molecule has 0 N–H and O–H groups in total. The molecule has 78 valence electrons. The van der Waals surface area contributed by atoms with Crippen molar-refractivity contribution in [3.8, 4) is 5.88 Å². The molecule has 0 atom stereocenters. The van der Waals surface area contributed by atoms with Crippen LogP contribution in [0.1, 0.15) is 11.5 Å². The molecule has 2 heterocycles. The van der Waals surface area contributed by atoms with Gasteiger partial charge in [0.1, 0.15) is 12.4 Å². The van der Waals surface area contributed by atoms with E-state index in [4.69, 9.17) is 20.8 Å². The summed E-state index contributed by atoms with van der Waals surface area (Å²) in [4.78, 5) is 7.85. The van der Waals surface area contributed by atoms with Gasteiger partial charge in [0, 0.05) is 11.8 Å². The highest BCUT2D eigenvalue weighted by atomic mass is 35.5. The summed E-state index contributed by atoms with van der Waals surface area (Å²) in [5, 5.41) is 0.185. The molecule has 0 aromatic carbocycles. The minimum atomic E-state index is 0.185. The lowest BCUT2D eigenvalue weighted by molar-refractivity contribution is 0.260. The van der Waals surface area contributed by atoms with Gasteiger partial charge in [-0.1, -0.05) is 0 Å². The summed E-state index contributed by atoms with van der Waals surface area (Å²) < 4.78 is 10.5. The fraction of sp³-hybridized carbons (Fsp3) is 0.200. The van der Waals surface area contributed by atoms with Gasteiger partial charge >= 0.3 is 0 Å². The van der Waals surface area contributed by atoms with E-state index in [1.165, 1.54) is 0 Å². The summed E-state index contributed by atoms with van der Waals surface area (Å²) in [6.45, 7) is 2.16. The Balaban J connectivity index is 2.05. The number of rotatable bonds is 3. The van der Waals surface area contributed by atoms with Gasteiger partial charge in [-0.3, -0.25) is 0 Å². The lowest BCUT2D eigenvalue weighted by atomic mass is 10.4. The van der Waals surface area contributed by atoms with Crippen LogP contribution in [0, 0.1) is 6.92 Å². The normalized spacial score (nSPS) is 10.3. The van der Waals surface area contributed by atoms with E-state index in [1.54, 1.807) is 18.4 Å². The maximum atomic E-state index is 5.69. The molecule has 5 heteroatoms. The van der Waals surface area contributed by atoms with E-state index in [0.717, 1.165) is 11.5 Å². The Bertz CT molecular complexity index is 422. The smallest absolute Gasteiger partial charge is 0.225 e. The van der Waals surface area contributed by atoms with E-state index < -0.39 is 0 Å². The number of aromatic nitrogens is 2. The molecule has 0 fully saturated rings. The minimum Gasteiger partial charge on any atom is -0.469 e. The van der Waals surface area contributed by atoms with Crippen molar-refractivity contribution in [2.75, 3.05) is 0 Å². The molecule has 0 amide bonds. The van der Waals surface area contributed by atoms with Crippen molar-refractivity contribution in [3.05, 3.63) is 41.2 Å². The van der Waals surface area contributed by atoms with Gasteiger partial charge in [-0.2, -0.15) is 4.98 Å². The number of halogens is 1. The third-order valence-electron chi connectivity index (χ3n) is 1.75. The van der Waals surface area contributed by atoms with Gasteiger partial charge in [0.15, 0.2) is 0 Å². The van der Waals surface area contributed by atoms with Crippen molar-refractivity contribution < 1.29 is 9.15 Å². The van der Waals surface area contributed by atoms with Gasteiger partial charge in [-0.25, -0.2) is 4.98 Å². The number of nitrogens with zero attached hydrogens (tertiary/aromatic N) is 2. The van der Waals surface area contributed by atoms with E-state index in [2.05, 4.69) is 9.97 Å². The van der Waals surface area contributed by atoms with Crippen LogP contribution in [0.3, 0.4) is 0 Å². The number of furan rings is 1. The summed E-state index contributed by atoms with van der Waals surface area (Å²) in [5.74, 6) is 1.19. The number of aryl methyl sites for hydroxylation is 1. The fourth-order valence-corrected chi connectivity index (χ4v) is 1.34. The van der Waals surface area contributed by atoms with Crippen LogP contribution in [-0.4, -0.2) is 9.97 Å². The lowest BCUT2D eigenvalue weighted by Crippen LogP contribution is -1.98. The van der Waals surface area contributed by atoms with Crippen molar-refractivity contribution in [2.45, 2.75) is 13.5 Å². The Morgan fingerprint density at radius 2 is 2.33 bits per heavy atom. The van der Waals surface area contributed by atoms with Gasteiger partial charge in [0.25, 0.3) is 0 Å². The molecule has 0 radical (unpaired) electrons. The average Bonchev–Trinajstić information content (AvgIpc) is 2.65. The van der Waals surface area contributed by atoms with Crippen LogP contribution >= 0.6 is 11.6 Å². The second-order valence-corrected chi connectivity index (χ2v) is 3.32. The Morgan fingerprint density at radius 1 is 1.47 bits per heavy atom. The third-order valence-corrected chi connectivity index (χ3v) is 1.91. The Morgan fingerprint density at radius 3 is 3.00 bits per heavy atom. The van der Waals surface area contributed by atoms with Crippen LogP contribution in [-0.2, 0) is 6.61 Å². The Hall–Kier alpha value is -1.55. The zero-order valence-corrected chi connectivity index (χ0v) is 8.86. The summed E-state index contributed by atoms with van der Waals surface area (Å²) in [6, 6.07) is 5.35. The first kappa shape index (κ1) is 9.98. The van der Waals surface area contributed by atoms with E-state index in [9.17, 15) is 0 Å². The molecule has 4 nitrogen and oxygen atoms in total. The predicted molar refractivity (Wildman–Crippen MR) is 54.8 cm³/mol. The number of hydrogen-bond acceptors (Lipinski definition) is 4. The topological polar surface area (TPSA) is 48.2 Å². The minimum absolute atomic E-state index is 0.185. The highest BCUT2D eigenvalue weighted by Gasteiger charge is 2.02. The number of ether oxygens (including phenoxy) is 1. The third kappa shape index (κ3) is 2.70. The van der Waals surface area contributed by atoms with E-state index >= 15 is 0 Å². The zero-order chi connectivity index (χ0) is 10.7. The first-order valence-electron chi connectivity index (χ1n) is 4.40. The summed E-state index contributed by atoms with van der Waals surface area (Å²) >= 11 is 5.69. The SMILES string of the molecule is Cc1cc(OCc2ccco2)nc(Cl)n1. The fourth-order valence-electron chi connectivity index (χ4n) is 1.12. The molecular formula is C10H9ClN2O2. The van der Waals surface area contributed by atoms with Crippen molar-refractivity contribution in [2.24, 2.45) is 0 Å². The Kier molecular flexibility index (Phi) is 2.87. The molecule has 0 saturated carbocycles.